The van der Waals surface area contributed by atoms with Crippen LogP contribution in [0.4, 0.5) is 0 Å². The number of carbonyl (C=O) groups excluding carboxylic acids is 3. The maximum absolute atomic E-state index is 13.1. The summed E-state index contributed by atoms with van der Waals surface area (Å²) in [6, 6.07) is 7.88. The minimum atomic E-state index is -0.529. The molecule has 0 radical (unpaired) electrons. The Morgan fingerprint density at radius 2 is 1.70 bits per heavy atom. The van der Waals surface area contributed by atoms with Crippen LogP contribution in [-0.2, 0) is 20.9 Å². The predicted octanol–water partition coefficient (Wildman–Crippen LogP) is 2.47. The molecule has 7 heteroatoms. The average molecular weight is 412 g/mol. The molecule has 4 rings (SSSR count). The van der Waals surface area contributed by atoms with Crippen LogP contribution in [0.1, 0.15) is 43.5 Å². The Balaban J connectivity index is 1.61. The number of para-hydroxylation sites is 1. The van der Waals surface area contributed by atoms with Gasteiger partial charge >= 0.3 is 0 Å². The maximum atomic E-state index is 13.1. The number of piperidine rings is 1. The van der Waals surface area contributed by atoms with Crippen molar-refractivity contribution in [3.05, 3.63) is 36.0 Å². The Morgan fingerprint density at radius 1 is 1.03 bits per heavy atom. The molecule has 3 heterocycles. The zero-order chi connectivity index (χ0) is 21.3. The Hall–Kier alpha value is -2.67. The number of amides is 2. The zero-order valence-electron chi connectivity index (χ0n) is 17.7. The number of fused-ring (bicyclic) bond motifs is 1. The number of hydrogen-bond donors (Lipinski definition) is 0. The lowest BCUT2D eigenvalue weighted by molar-refractivity contribution is -0.137. The number of nitrogens with zero attached hydrogens (tertiary/aromatic N) is 3. The standard InChI is InChI=1S/C23H29N3O4/c1-16-6-5-7-17(2)26(16)21(27)15-25-14-19(18-8-3-4-9-20(18)25)22(28)23(29)24-10-12-30-13-11-24/h3-4,8-9,14,16-17H,5-7,10-13,15H2,1-2H3. The van der Waals surface area contributed by atoms with Crippen LogP contribution in [0.15, 0.2) is 30.5 Å². The van der Waals surface area contributed by atoms with Crippen molar-refractivity contribution in [1.82, 2.24) is 14.4 Å². The first-order chi connectivity index (χ1) is 14.5. The molecule has 2 aliphatic heterocycles. The molecule has 2 unspecified atom stereocenters. The highest BCUT2D eigenvalue weighted by Crippen LogP contribution is 2.26. The number of hydrogen-bond acceptors (Lipinski definition) is 4. The first-order valence-corrected chi connectivity index (χ1v) is 10.8. The van der Waals surface area contributed by atoms with Crippen LogP contribution >= 0.6 is 0 Å². The molecule has 2 aromatic rings. The molecule has 0 bridgehead atoms. The number of morpholine rings is 1. The number of likely N-dealkylation sites (tertiary alicyclic amines) is 1. The summed E-state index contributed by atoms with van der Waals surface area (Å²) in [5.41, 5.74) is 1.15. The van der Waals surface area contributed by atoms with Crippen LogP contribution in [0, 0.1) is 0 Å². The summed E-state index contributed by atoms with van der Waals surface area (Å²) >= 11 is 0. The summed E-state index contributed by atoms with van der Waals surface area (Å²) in [7, 11) is 0. The molecule has 2 fully saturated rings. The molecule has 2 atom stereocenters. The van der Waals surface area contributed by atoms with E-state index in [0.29, 0.717) is 37.3 Å². The van der Waals surface area contributed by atoms with E-state index in [-0.39, 0.29) is 24.5 Å². The maximum Gasteiger partial charge on any atom is 0.295 e. The number of aromatic nitrogens is 1. The summed E-state index contributed by atoms with van der Waals surface area (Å²) in [4.78, 5) is 42.4. The Bertz CT molecular complexity index is 951. The van der Waals surface area contributed by atoms with Crippen molar-refractivity contribution in [2.24, 2.45) is 0 Å². The highest BCUT2D eigenvalue weighted by Gasteiger charge is 2.31. The predicted molar refractivity (Wildman–Crippen MR) is 113 cm³/mol. The number of Topliss-reactive ketones (excluding diaryl/α,β-unsaturated/α-hetero) is 1. The number of carbonyl (C=O) groups is 3. The molecular formula is C23H29N3O4. The van der Waals surface area contributed by atoms with E-state index in [1.165, 1.54) is 0 Å². The van der Waals surface area contributed by atoms with Gasteiger partial charge in [-0.05, 0) is 39.2 Å². The summed E-state index contributed by atoms with van der Waals surface area (Å²) in [5.74, 6) is -0.987. The fourth-order valence-corrected chi connectivity index (χ4v) is 4.72. The van der Waals surface area contributed by atoms with E-state index >= 15 is 0 Å². The van der Waals surface area contributed by atoms with E-state index in [0.717, 1.165) is 24.8 Å². The van der Waals surface area contributed by atoms with E-state index in [1.54, 1.807) is 11.1 Å². The minimum Gasteiger partial charge on any atom is -0.378 e. The van der Waals surface area contributed by atoms with Gasteiger partial charge in [-0.25, -0.2) is 0 Å². The second-order valence-corrected chi connectivity index (χ2v) is 8.35. The van der Waals surface area contributed by atoms with Gasteiger partial charge in [-0.15, -0.1) is 0 Å². The van der Waals surface area contributed by atoms with Gasteiger partial charge in [-0.3, -0.25) is 14.4 Å². The summed E-state index contributed by atoms with van der Waals surface area (Å²) in [5, 5.41) is 0.705. The van der Waals surface area contributed by atoms with Crippen molar-refractivity contribution in [2.75, 3.05) is 26.3 Å². The van der Waals surface area contributed by atoms with E-state index in [1.807, 2.05) is 33.7 Å². The Labute approximate surface area is 176 Å². The van der Waals surface area contributed by atoms with Crippen LogP contribution in [0.5, 0.6) is 0 Å². The van der Waals surface area contributed by atoms with E-state index in [2.05, 4.69) is 13.8 Å². The summed E-state index contributed by atoms with van der Waals surface area (Å²) in [6.45, 7) is 6.09. The van der Waals surface area contributed by atoms with Crippen LogP contribution in [0.25, 0.3) is 10.9 Å². The lowest BCUT2D eigenvalue weighted by Gasteiger charge is -2.39. The van der Waals surface area contributed by atoms with Crippen molar-refractivity contribution in [2.45, 2.75) is 51.7 Å². The molecule has 2 saturated heterocycles. The van der Waals surface area contributed by atoms with Crippen LogP contribution < -0.4 is 0 Å². The number of ketones is 1. The average Bonchev–Trinajstić information content (AvgIpc) is 3.11. The monoisotopic (exact) mass is 411 g/mol. The first-order valence-electron chi connectivity index (χ1n) is 10.8. The van der Waals surface area contributed by atoms with Gasteiger partial charge in [-0.1, -0.05) is 18.2 Å². The number of ether oxygens (including phenoxy) is 1. The zero-order valence-corrected chi connectivity index (χ0v) is 17.7. The van der Waals surface area contributed by atoms with Gasteiger partial charge in [0.05, 0.1) is 18.8 Å². The lowest BCUT2D eigenvalue weighted by atomic mass is 9.97. The molecule has 7 nitrogen and oxygen atoms in total. The van der Waals surface area contributed by atoms with Crippen LogP contribution in [-0.4, -0.2) is 70.4 Å². The van der Waals surface area contributed by atoms with Gasteiger partial charge in [0.1, 0.15) is 6.54 Å². The van der Waals surface area contributed by atoms with Crippen LogP contribution in [0.3, 0.4) is 0 Å². The molecule has 1 aromatic carbocycles. The first kappa shape index (κ1) is 20.6. The minimum absolute atomic E-state index is 0.0500. The van der Waals surface area contributed by atoms with E-state index in [4.69, 9.17) is 4.74 Å². The SMILES string of the molecule is CC1CCCC(C)N1C(=O)Cn1cc(C(=O)C(=O)N2CCOCC2)c2ccccc21. The van der Waals surface area contributed by atoms with E-state index < -0.39 is 11.7 Å². The van der Waals surface area contributed by atoms with Crippen LogP contribution in [0.2, 0.25) is 0 Å². The largest absolute Gasteiger partial charge is 0.378 e. The summed E-state index contributed by atoms with van der Waals surface area (Å²) < 4.78 is 7.09. The molecule has 30 heavy (non-hydrogen) atoms. The Morgan fingerprint density at radius 3 is 2.40 bits per heavy atom. The normalized spacial score (nSPS) is 22.3. The molecule has 0 spiro atoms. The lowest BCUT2D eigenvalue weighted by Crippen LogP contribution is -2.48. The highest BCUT2D eigenvalue weighted by atomic mass is 16.5. The van der Waals surface area contributed by atoms with Crippen molar-refractivity contribution < 1.29 is 19.1 Å². The van der Waals surface area contributed by atoms with Gasteiger partial charge in [0.2, 0.25) is 5.91 Å². The fourth-order valence-electron chi connectivity index (χ4n) is 4.72. The molecule has 0 N–H and O–H groups in total. The molecule has 1 aromatic heterocycles. The summed E-state index contributed by atoms with van der Waals surface area (Å²) in [6.07, 6.45) is 4.84. The second kappa shape index (κ2) is 8.60. The molecule has 2 aliphatic rings. The van der Waals surface area contributed by atoms with Gasteiger partial charge in [0, 0.05) is 42.3 Å². The third-order valence-electron chi connectivity index (χ3n) is 6.31. The van der Waals surface area contributed by atoms with Crippen molar-refractivity contribution in [3.8, 4) is 0 Å². The van der Waals surface area contributed by atoms with Gasteiger partial charge in [-0.2, -0.15) is 0 Å². The number of benzene rings is 1. The van der Waals surface area contributed by atoms with Gasteiger partial charge in [0.15, 0.2) is 0 Å². The topological polar surface area (TPSA) is 71.9 Å². The Kier molecular flexibility index (Phi) is 5.90. The molecular weight excluding hydrogens is 382 g/mol. The number of rotatable bonds is 4. The quantitative estimate of drug-likeness (QED) is 0.572. The molecule has 160 valence electrons. The second-order valence-electron chi connectivity index (χ2n) is 8.35. The van der Waals surface area contributed by atoms with Crippen molar-refractivity contribution >= 4 is 28.5 Å². The van der Waals surface area contributed by atoms with Gasteiger partial charge < -0.3 is 19.1 Å². The van der Waals surface area contributed by atoms with E-state index in [9.17, 15) is 14.4 Å². The third-order valence-corrected chi connectivity index (χ3v) is 6.31. The van der Waals surface area contributed by atoms with Crippen molar-refractivity contribution in [1.29, 1.82) is 0 Å². The van der Waals surface area contributed by atoms with Crippen molar-refractivity contribution in [3.63, 3.8) is 0 Å². The molecule has 2 amide bonds. The molecule has 0 aliphatic carbocycles. The third kappa shape index (κ3) is 3.86. The van der Waals surface area contributed by atoms with Gasteiger partial charge in [0.25, 0.3) is 11.7 Å². The fraction of sp³-hybridized carbons (Fsp3) is 0.522. The molecule has 0 saturated carbocycles. The smallest absolute Gasteiger partial charge is 0.295 e. The highest BCUT2D eigenvalue weighted by molar-refractivity contribution is 6.44.